The molecule has 2 atom stereocenters. The average Bonchev–Trinajstić information content (AvgIpc) is 2.96. The quantitative estimate of drug-likeness (QED) is 0.803. The number of pyridine rings is 1. The lowest BCUT2D eigenvalue weighted by molar-refractivity contribution is -0.119. The number of halogens is 1. The number of rotatable bonds is 4. The number of hydrogen-bond donors (Lipinski definition) is 3. The lowest BCUT2D eigenvalue weighted by Gasteiger charge is -2.33. The number of nitrogens with two attached hydrogens (primary N) is 1. The molecule has 0 aromatic carbocycles. The van der Waals surface area contributed by atoms with E-state index in [2.05, 4.69) is 15.3 Å². The highest BCUT2D eigenvalue weighted by Crippen LogP contribution is 2.35. The summed E-state index contributed by atoms with van der Waals surface area (Å²) in [5, 5.41) is 3.51. The summed E-state index contributed by atoms with van der Waals surface area (Å²) in [7, 11) is 0. The minimum Gasteiger partial charge on any atom is -0.367 e. The van der Waals surface area contributed by atoms with Gasteiger partial charge in [0.25, 0.3) is 0 Å². The fourth-order valence-electron chi connectivity index (χ4n) is 3.12. The zero-order chi connectivity index (χ0) is 17.3. The topological polar surface area (TPSA) is 87.0 Å². The van der Waals surface area contributed by atoms with Gasteiger partial charge in [-0.2, -0.15) is 0 Å². The molecule has 1 aliphatic rings. The van der Waals surface area contributed by atoms with Gasteiger partial charge in [0.2, 0.25) is 5.91 Å². The Hall–Kier alpha value is -2.15. The third-order valence-corrected chi connectivity index (χ3v) is 4.72. The van der Waals surface area contributed by atoms with E-state index in [9.17, 15) is 9.18 Å². The smallest absolute Gasteiger partial charge is 0.227 e. The normalized spacial score (nSPS) is 19.5. The van der Waals surface area contributed by atoms with Crippen LogP contribution in [0, 0.1) is 11.7 Å². The molecule has 1 saturated heterocycles. The van der Waals surface area contributed by atoms with Gasteiger partial charge in [-0.15, -0.1) is 0 Å². The number of amides is 1. The van der Waals surface area contributed by atoms with Crippen molar-refractivity contribution in [2.75, 3.05) is 23.3 Å². The second-order valence-electron chi connectivity index (χ2n) is 6.53. The molecular formula is C17H24FN5O. The number of piperidine rings is 1. The third kappa shape index (κ3) is 3.08. The zero-order valence-electron chi connectivity index (χ0n) is 14.1. The van der Waals surface area contributed by atoms with Crippen molar-refractivity contribution in [1.29, 1.82) is 0 Å². The number of H-pyrrole nitrogens is 1. The number of aromatic nitrogens is 2. The molecule has 0 radical (unpaired) electrons. The SMILES string of the molecule is CC[C@H](C)C(=O)Nc1c[nH]c2ncc(F)c(N3CCC[C@@H](N)C3)c12. The minimum atomic E-state index is -0.393. The van der Waals surface area contributed by atoms with Crippen LogP contribution in [0.1, 0.15) is 33.1 Å². The van der Waals surface area contributed by atoms with E-state index >= 15 is 0 Å². The summed E-state index contributed by atoms with van der Waals surface area (Å²) < 4.78 is 14.6. The van der Waals surface area contributed by atoms with Crippen LogP contribution in [0.4, 0.5) is 15.8 Å². The maximum absolute atomic E-state index is 14.6. The second-order valence-corrected chi connectivity index (χ2v) is 6.53. The van der Waals surface area contributed by atoms with Gasteiger partial charge in [-0.1, -0.05) is 13.8 Å². The number of anilines is 2. The van der Waals surface area contributed by atoms with Gasteiger partial charge in [-0.05, 0) is 19.3 Å². The summed E-state index contributed by atoms with van der Waals surface area (Å²) in [6, 6.07) is 0.0264. The Kier molecular flexibility index (Phi) is 4.71. The Morgan fingerprint density at radius 2 is 2.42 bits per heavy atom. The lowest BCUT2D eigenvalue weighted by Crippen LogP contribution is -2.43. The van der Waals surface area contributed by atoms with E-state index in [1.807, 2.05) is 18.7 Å². The van der Waals surface area contributed by atoms with Gasteiger partial charge in [-0.25, -0.2) is 9.37 Å². The zero-order valence-corrected chi connectivity index (χ0v) is 14.1. The van der Waals surface area contributed by atoms with E-state index in [1.165, 1.54) is 6.20 Å². The monoisotopic (exact) mass is 333 g/mol. The molecule has 0 aliphatic carbocycles. The van der Waals surface area contributed by atoms with Crippen LogP contribution in [0.2, 0.25) is 0 Å². The first-order valence-electron chi connectivity index (χ1n) is 8.48. The lowest BCUT2D eigenvalue weighted by atomic mass is 10.0. The van der Waals surface area contributed by atoms with Crippen LogP contribution in [0.3, 0.4) is 0 Å². The molecule has 0 spiro atoms. The Morgan fingerprint density at radius 3 is 3.12 bits per heavy atom. The number of hydrogen-bond acceptors (Lipinski definition) is 4. The van der Waals surface area contributed by atoms with Gasteiger partial charge in [-0.3, -0.25) is 4.79 Å². The molecule has 0 unspecified atom stereocenters. The second kappa shape index (κ2) is 6.76. The Morgan fingerprint density at radius 1 is 1.62 bits per heavy atom. The first-order chi connectivity index (χ1) is 11.5. The van der Waals surface area contributed by atoms with Crippen molar-refractivity contribution >= 4 is 28.3 Å². The number of carbonyl (C=O) groups is 1. The van der Waals surface area contributed by atoms with Crippen LogP contribution in [0.25, 0.3) is 11.0 Å². The summed E-state index contributed by atoms with van der Waals surface area (Å²) in [6.45, 7) is 5.17. The molecule has 7 heteroatoms. The van der Waals surface area contributed by atoms with Crippen LogP contribution in [-0.2, 0) is 4.79 Å². The molecule has 1 amide bonds. The predicted octanol–water partition coefficient (Wildman–Crippen LogP) is 2.61. The largest absolute Gasteiger partial charge is 0.367 e. The summed E-state index contributed by atoms with van der Waals surface area (Å²) in [5.41, 5.74) is 7.65. The number of nitrogens with zero attached hydrogens (tertiary/aromatic N) is 2. The highest BCUT2D eigenvalue weighted by Gasteiger charge is 2.25. The van der Waals surface area contributed by atoms with E-state index < -0.39 is 5.82 Å². The summed E-state index contributed by atoms with van der Waals surface area (Å²) >= 11 is 0. The van der Waals surface area contributed by atoms with Crippen molar-refractivity contribution in [2.24, 2.45) is 11.7 Å². The summed E-state index contributed by atoms with van der Waals surface area (Å²) in [4.78, 5) is 21.3. The van der Waals surface area contributed by atoms with Crippen LogP contribution in [-0.4, -0.2) is 35.0 Å². The molecule has 0 bridgehead atoms. The predicted molar refractivity (Wildman–Crippen MR) is 93.6 cm³/mol. The fraction of sp³-hybridized carbons (Fsp3) is 0.529. The van der Waals surface area contributed by atoms with Crippen molar-refractivity contribution in [2.45, 2.75) is 39.2 Å². The molecular weight excluding hydrogens is 309 g/mol. The molecule has 1 fully saturated rings. The molecule has 3 heterocycles. The molecule has 2 aromatic heterocycles. The average molecular weight is 333 g/mol. The molecule has 4 N–H and O–H groups in total. The van der Waals surface area contributed by atoms with Crippen molar-refractivity contribution in [3.05, 3.63) is 18.2 Å². The number of aromatic amines is 1. The first-order valence-corrected chi connectivity index (χ1v) is 8.48. The van der Waals surface area contributed by atoms with Gasteiger partial charge < -0.3 is 20.9 Å². The number of carbonyl (C=O) groups excluding carboxylic acids is 1. The highest BCUT2D eigenvalue weighted by atomic mass is 19.1. The van der Waals surface area contributed by atoms with E-state index in [0.717, 1.165) is 25.8 Å². The van der Waals surface area contributed by atoms with Gasteiger partial charge >= 0.3 is 0 Å². The van der Waals surface area contributed by atoms with Gasteiger partial charge in [0.1, 0.15) is 5.65 Å². The van der Waals surface area contributed by atoms with Gasteiger partial charge in [0, 0.05) is 31.2 Å². The molecule has 1 aliphatic heterocycles. The highest BCUT2D eigenvalue weighted by molar-refractivity contribution is 6.06. The van der Waals surface area contributed by atoms with Crippen LogP contribution in [0.15, 0.2) is 12.4 Å². The first kappa shape index (κ1) is 16.7. The van der Waals surface area contributed by atoms with Crippen LogP contribution >= 0.6 is 0 Å². The molecule has 130 valence electrons. The third-order valence-electron chi connectivity index (χ3n) is 4.72. The maximum atomic E-state index is 14.6. The maximum Gasteiger partial charge on any atom is 0.227 e. The molecule has 3 rings (SSSR count). The van der Waals surface area contributed by atoms with E-state index in [-0.39, 0.29) is 17.9 Å². The fourth-order valence-corrected chi connectivity index (χ4v) is 3.12. The molecule has 24 heavy (non-hydrogen) atoms. The van der Waals surface area contributed by atoms with Gasteiger partial charge in [0.05, 0.1) is 23.0 Å². The van der Waals surface area contributed by atoms with Crippen LogP contribution < -0.4 is 16.0 Å². The summed E-state index contributed by atoms with van der Waals surface area (Å²) in [5.74, 6) is -0.581. The van der Waals surface area contributed by atoms with E-state index in [1.54, 1.807) is 6.20 Å². The van der Waals surface area contributed by atoms with Crippen molar-refractivity contribution in [1.82, 2.24) is 9.97 Å². The van der Waals surface area contributed by atoms with Crippen molar-refractivity contribution in [3.63, 3.8) is 0 Å². The number of fused-ring (bicyclic) bond motifs is 1. The number of nitrogens with one attached hydrogen (secondary N) is 2. The van der Waals surface area contributed by atoms with E-state index in [0.29, 0.717) is 29.0 Å². The Balaban J connectivity index is 2.02. The van der Waals surface area contributed by atoms with Crippen molar-refractivity contribution < 1.29 is 9.18 Å². The van der Waals surface area contributed by atoms with Crippen molar-refractivity contribution in [3.8, 4) is 0 Å². The Bertz CT molecular complexity index is 744. The molecule has 2 aromatic rings. The molecule has 0 saturated carbocycles. The molecule has 6 nitrogen and oxygen atoms in total. The minimum absolute atomic E-state index is 0.0264. The summed E-state index contributed by atoms with van der Waals surface area (Å²) in [6.07, 6.45) is 5.49. The Labute approximate surface area is 140 Å². The van der Waals surface area contributed by atoms with E-state index in [4.69, 9.17) is 5.73 Å². The van der Waals surface area contributed by atoms with Crippen LogP contribution in [0.5, 0.6) is 0 Å². The van der Waals surface area contributed by atoms with Gasteiger partial charge in [0.15, 0.2) is 5.82 Å². The standard InChI is InChI=1S/C17H24FN5O/c1-3-10(2)17(24)22-13-8-21-16-14(13)15(12(18)7-20-16)23-6-4-5-11(19)9-23/h7-8,10-11H,3-6,9,19H2,1-2H3,(H,20,21)(H,22,24)/t10-,11+/m0/s1.